The number of benzene rings is 1. The summed E-state index contributed by atoms with van der Waals surface area (Å²) >= 11 is 7.27. The molecular weight excluding hydrogens is 398 g/mol. The fourth-order valence-electron chi connectivity index (χ4n) is 3.27. The Balaban J connectivity index is 1.27. The molecule has 0 spiro atoms. The van der Waals surface area contributed by atoms with Gasteiger partial charge in [0.05, 0.1) is 18.3 Å². The van der Waals surface area contributed by atoms with E-state index in [0.717, 1.165) is 24.2 Å². The van der Waals surface area contributed by atoms with Crippen molar-refractivity contribution in [3.63, 3.8) is 0 Å². The molecule has 0 atom stereocenters. The molecule has 0 saturated heterocycles. The van der Waals surface area contributed by atoms with E-state index in [-0.39, 0.29) is 11.7 Å². The number of amides is 1. The van der Waals surface area contributed by atoms with Crippen molar-refractivity contribution in [3.05, 3.63) is 47.2 Å². The van der Waals surface area contributed by atoms with Crippen LogP contribution in [0.5, 0.6) is 0 Å². The highest BCUT2D eigenvalue weighted by molar-refractivity contribution is 7.99. The second kappa shape index (κ2) is 8.79. The van der Waals surface area contributed by atoms with Gasteiger partial charge in [0.2, 0.25) is 11.1 Å². The van der Waals surface area contributed by atoms with E-state index in [2.05, 4.69) is 20.8 Å². The number of hydrogen-bond acceptors (Lipinski definition) is 6. The lowest BCUT2D eigenvalue weighted by molar-refractivity contribution is -0.118. The third-order valence-electron chi connectivity index (χ3n) is 4.72. The van der Waals surface area contributed by atoms with Gasteiger partial charge in [-0.2, -0.15) is 0 Å². The minimum atomic E-state index is -0.0876. The second-order valence-corrected chi connectivity index (χ2v) is 8.06. The Labute approximate surface area is 171 Å². The number of rotatable bonds is 7. The van der Waals surface area contributed by atoms with E-state index in [4.69, 9.17) is 16.0 Å². The van der Waals surface area contributed by atoms with Crippen LogP contribution in [0.25, 0.3) is 11.3 Å². The lowest BCUT2D eigenvalue weighted by Gasteiger charge is -2.10. The molecule has 4 rings (SSSR count). The van der Waals surface area contributed by atoms with Crippen LogP contribution in [-0.2, 0) is 11.3 Å². The van der Waals surface area contributed by atoms with E-state index in [0.29, 0.717) is 28.5 Å². The van der Waals surface area contributed by atoms with Crippen molar-refractivity contribution < 1.29 is 9.21 Å². The number of hydrogen-bond donors (Lipinski definition) is 1. The molecule has 1 saturated carbocycles. The van der Waals surface area contributed by atoms with Crippen LogP contribution in [0.3, 0.4) is 0 Å². The minimum absolute atomic E-state index is 0.0876. The topological polar surface area (TPSA) is 85.8 Å². The molecule has 1 N–H and O–H groups in total. The van der Waals surface area contributed by atoms with Crippen LogP contribution in [0, 0.1) is 0 Å². The molecular formula is C19H20ClN5O2S. The van der Waals surface area contributed by atoms with E-state index in [1.807, 2.05) is 41.1 Å². The number of aromatic nitrogens is 4. The van der Waals surface area contributed by atoms with E-state index in [1.54, 1.807) is 0 Å². The van der Waals surface area contributed by atoms with Gasteiger partial charge in [0, 0.05) is 10.6 Å². The Morgan fingerprint density at radius 1 is 1.21 bits per heavy atom. The van der Waals surface area contributed by atoms with E-state index in [9.17, 15) is 4.79 Å². The summed E-state index contributed by atoms with van der Waals surface area (Å²) in [6.45, 7) is 0.334. The Morgan fingerprint density at radius 2 is 2.00 bits per heavy atom. The van der Waals surface area contributed by atoms with Gasteiger partial charge in [-0.3, -0.25) is 4.79 Å². The molecule has 9 heteroatoms. The summed E-state index contributed by atoms with van der Waals surface area (Å²) in [4.78, 5) is 12.2. The lowest BCUT2D eigenvalue weighted by atomic mass is 10.2. The summed E-state index contributed by atoms with van der Waals surface area (Å²) in [6, 6.07) is 11.5. The van der Waals surface area contributed by atoms with Crippen LogP contribution in [0.2, 0.25) is 5.02 Å². The molecule has 1 aromatic carbocycles. The Hall–Kier alpha value is -2.32. The maximum Gasteiger partial charge on any atom is 0.230 e. The van der Waals surface area contributed by atoms with Crippen LogP contribution in [-0.4, -0.2) is 31.9 Å². The van der Waals surface area contributed by atoms with Gasteiger partial charge in [-0.05, 0) is 59.7 Å². The molecule has 146 valence electrons. The van der Waals surface area contributed by atoms with Crippen LogP contribution in [0.15, 0.2) is 46.0 Å². The van der Waals surface area contributed by atoms with Gasteiger partial charge in [0.25, 0.3) is 0 Å². The number of nitrogens with one attached hydrogen (secondary N) is 1. The summed E-state index contributed by atoms with van der Waals surface area (Å²) in [7, 11) is 0. The SMILES string of the molecule is O=C(CSc1nnnn1C1CCCC1)NCc1ccc(-c2ccc(Cl)cc2)o1. The van der Waals surface area contributed by atoms with E-state index >= 15 is 0 Å². The van der Waals surface area contributed by atoms with Crippen LogP contribution < -0.4 is 5.32 Å². The fraction of sp³-hybridized carbons (Fsp3) is 0.368. The highest BCUT2D eigenvalue weighted by Gasteiger charge is 2.22. The summed E-state index contributed by atoms with van der Waals surface area (Å²) in [5.74, 6) is 1.61. The smallest absolute Gasteiger partial charge is 0.230 e. The standard InChI is InChI=1S/C19H20ClN5O2S/c20-14-7-5-13(6-8-14)17-10-9-16(27-17)11-21-18(26)12-28-19-22-23-24-25(19)15-3-1-2-4-15/h5-10,15H,1-4,11-12H2,(H,21,26). The van der Waals surface area contributed by atoms with Crippen LogP contribution >= 0.6 is 23.4 Å². The van der Waals surface area contributed by atoms with Crippen molar-refractivity contribution in [1.29, 1.82) is 0 Å². The molecule has 2 aromatic heterocycles. The van der Waals surface area contributed by atoms with Crippen molar-refractivity contribution in [2.24, 2.45) is 0 Å². The quantitative estimate of drug-likeness (QED) is 0.582. The normalized spacial score (nSPS) is 14.5. The Kier molecular flexibility index (Phi) is 5.97. The van der Waals surface area contributed by atoms with Gasteiger partial charge in [-0.15, -0.1) is 5.10 Å². The fourth-order valence-corrected chi connectivity index (χ4v) is 4.17. The molecule has 0 aliphatic heterocycles. The molecule has 1 aliphatic carbocycles. The van der Waals surface area contributed by atoms with Gasteiger partial charge < -0.3 is 9.73 Å². The van der Waals surface area contributed by atoms with E-state index < -0.39 is 0 Å². The van der Waals surface area contributed by atoms with Crippen molar-refractivity contribution in [2.75, 3.05) is 5.75 Å². The maximum absolute atomic E-state index is 12.2. The molecule has 28 heavy (non-hydrogen) atoms. The Bertz CT molecular complexity index is 934. The van der Waals surface area contributed by atoms with Gasteiger partial charge >= 0.3 is 0 Å². The van der Waals surface area contributed by atoms with Gasteiger partial charge in [0.1, 0.15) is 11.5 Å². The van der Waals surface area contributed by atoms with Gasteiger partial charge in [-0.1, -0.05) is 36.2 Å². The third-order valence-corrected chi connectivity index (χ3v) is 5.90. The monoisotopic (exact) mass is 417 g/mol. The first kappa shape index (κ1) is 19.0. The molecule has 1 aliphatic rings. The predicted octanol–water partition coefficient (Wildman–Crippen LogP) is 4.11. The summed E-state index contributed by atoms with van der Waals surface area (Å²) in [5, 5.41) is 16.2. The number of tetrazole rings is 1. The third kappa shape index (κ3) is 4.56. The number of carbonyl (C=O) groups is 1. The van der Waals surface area contributed by atoms with Gasteiger partial charge in [-0.25, -0.2) is 4.68 Å². The van der Waals surface area contributed by atoms with Crippen LogP contribution in [0.1, 0.15) is 37.5 Å². The zero-order valence-electron chi connectivity index (χ0n) is 15.2. The largest absolute Gasteiger partial charge is 0.459 e. The molecule has 3 aromatic rings. The molecule has 0 radical (unpaired) electrons. The second-order valence-electron chi connectivity index (χ2n) is 6.68. The average molecular weight is 418 g/mol. The molecule has 0 bridgehead atoms. The van der Waals surface area contributed by atoms with E-state index in [1.165, 1.54) is 24.6 Å². The summed E-state index contributed by atoms with van der Waals surface area (Å²) < 4.78 is 7.65. The first-order valence-corrected chi connectivity index (χ1v) is 10.6. The Morgan fingerprint density at radius 3 is 2.79 bits per heavy atom. The highest BCUT2D eigenvalue weighted by atomic mass is 35.5. The van der Waals surface area contributed by atoms with Crippen LogP contribution in [0.4, 0.5) is 0 Å². The number of nitrogens with zero attached hydrogens (tertiary/aromatic N) is 4. The number of carbonyl (C=O) groups excluding carboxylic acids is 1. The molecule has 7 nitrogen and oxygen atoms in total. The minimum Gasteiger partial charge on any atom is -0.459 e. The lowest BCUT2D eigenvalue weighted by Crippen LogP contribution is -2.24. The van der Waals surface area contributed by atoms with Crippen molar-refractivity contribution in [2.45, 2.75) is 43.4 Å². The first-order valence-electron chi connectivity index (χ1n) is 9.21. The zero-order chi connectivity index (χ0) is 19.3. The zero-order valence-corrected chi connectivity index (χ0v) is 16.7. The highest BCUT2D eigenvalue weighted by Crippen LogP contribution is 2.31. The van der Waals surface area contributed by atoms with Crippen molar-refractivity contribution in [3.8, 4) is 11.3 Å². The molecule has 2 heterocycles. The molecule has 1 amide bonds. The predicted molar refractivity (Wildman–Crippen MR) is 107 cm³/mol. The number of halogens is 1. The molecule has 1 fully saturated rings. The summed E-state index contributed by atoms with van der Waals surface area (Å²) in [6.07, 6.45) is 4.60. The number of furan rings is 1. The maximum atomic E-state index is 12.2. The average Bonchev–Trinajstić information content (AvgIpc) is 3.46. The van der Waals surface area contributed by atoms with Crippen molar-refractivity contribution >= 4 is 29.3 Å². The summed E-state index contributed by atoms with van der Waals surface area (Å²) in [5.41, 5.74) is 0.941. The molecule has 0 unspecified atom stereocenters. The van der Waals surface area contributed by atoms with Crippen molar-refractivity contribution in [1.82, 2.24) is 25.5 Å². The van der Waals surface area contributed by atoms with Gasteiger partial charge in [0.15, 0.2) is 0 Å². The first-order chi connectivity index (χ1) is 13.7. The number of thioether (sulfide) groups is 1.